The Kier molecular flexibility index (Phi) is 2.98. The Morgan fingerprint density at radius 1 is 1.28 bits per heavy atom. The molecule has 90 valence electrons. The number of aromatic nitrogens is 2. The lowest BCUT2D eigenvalue weighted by Gasteiger charge is -2.28. The zero-order chi connectivity index (χ0) is 12.4. The number of benzene rings is 1. The second-order valence-electron chi connectivity index (χ2n) is 3.86. The highest BCUT2D eigenvalue weighted by atomic mass is 32.2. The first-order chi connectivity index (χ1) is 8.86. The van der Waals surface area contributed by atoms with E-state index < -0.39 is 0 Å². The summed E-state index contributed by atoms with van der Waals surface area (Å²) in [5.74, 6) is 0.819. The van der Waals surface area contributed by atoms with E-state index in [4.69, 9.17) is 0 Å². The zero-order valence-corrected chi connectivity index (χ0v) is 10.4. The van der Waals surface area contributed by atoms with Crippen LogP contribution in [0.2, 0.25) is 0 Å². The second-order valence-corrected chi connectivity index (χ2v) is 5.00. The van der Waals surface area contributed by atoms with Gasteiger partial charge in [0.25, 0.3) is 5.91 Å². The van der Waals surface area contributed by atoms with Crippen molar-refractivity contribution in [1.29, 1.82) is 0 Å². The highest BCUT2D eigenvalue weighted by molar-refractivity contribution is 7.99. The van der Waals surface area contributed by atoms with E-state index in [2.05, 4.69) is 9.97 Å². The SMILES string of the molecule is O=C(c1cnccn1)N1CCSc2ccccc21. The number of fused-ring (bicyclic) bond motifs is 1. The Hall–Kier alpha value is -1.88. The maximum atomic E-state index is 12.4. The maximum Gasteiger partial charge on any atom is 0.278 e. The first-order valence-corrected chi connectivity index (χ1v) is 6.64. The van der Waals surface area contributed by atoms with E-state index in [1.54, 1.807) is 22.9 Å². The fourth-order valence-electron chi connectivity index (χ4n) is 1.93. The van der Waals surface area contributed by atoms with Crippen LogP contribution in [0, 0.1) is 0 Å². The third-order valence-corrected chi connectivity index (χ3v) is 3.80. The van der Waals surface area contributed by atoms with Crippen LogP contribution < -0.4 is 4.90 Å². The van der Waals surface area contributed by atoms with E-state index in [1.807, 2.05) is 24.3 Å². The van der Waals surface area contributed by atoms with Gasteiger partial charge in [0, 0.05) is 29.6 Å². The van der Waals surface area contributed by atoms with Gasteiger partial charge in [0.2, 0.25) is 0 Å². The number of rotatable bonds is 1. The number of carbonyl (C=O) groups excluding carboxylic acids is 1. The van der Waals surface area contributed by atoms with E-state index in [1.165, 1.54) is 12.4 Å². The summed E-state index contributed by atoms with van der Waals surface area (Å²) in [7, 11) is 0. The molecule has 1 aromatic carbocycles. The van der Waals surface area contributed by atoms with Crippen molar-refractivity contribution in [1.82, 2.24) is 9.97 Å². The Balaban J connectivity index is 1.97. The van der Waals surface area contributed by atoms with Gasteiger partial charge in [-0.1, -0.05) is 12.1 Å². The number of para-hydroxylation sites is 1. The van der Waals surface area contributed by atoms with Crippen molar-refractivity contribution in [3.05, 3.63) is 48.5 Å². The topological polar surface area (TPSA) is 46.1 Å². The summed E-state index contributed by atoms with van der Waals surface area (Å²) in [5, 5.41) is 0. The lowest BCUT2D eigenvalue weighted by Crippen LogP contribution is -2.35. The van der Waals surface area contributed by atoms with Crippen molar-refractivity contribution in [2.24, 2.45) is 0 Å². The molecule has 0 atom stereocenters. The van der Waals surface area contributed by atoms with Gasteiger partial charge in [0.05, 0.1) is 11.9 Å². The summed E-state index contributed by atoms with van der Waals surface area (Å²) in [6.45, 7) is 0.705. The van der Waals surface area contributed by atoms with Crippen molar-refractivity contribution >= 4 is 23.4 Å². The maximum absolute atomic E-state index is 12.4. The minimum absolute atomic E-state index is 0.0872. The van der Waals surface area contributed by atoms with E-state index in [-0.39, 0.29) is 5.91 Å². The van der Waals surface area contributed by atoms with Gasteiger partial charge in [-0.05, 0) is 12.1 Å². The standard InChI is InChI=1S/C13H11N3OS/c17-13(10-9-14-5-6-15-10)16-7-8-18-12-4-2-1-3-11(12)16/h1-6,9H,7-8H2. The van der Waals surface area contributed by atoms with Gasteiger partial charge in [0.15, 0.2) is 0 Å². The van der Waals surface area contributed by atoms with Crippen LogP contribution in [0.5, 0.6) is 0 Å². The van der Waals surface area contributed by atoms with Gasteiger partial charge in [-0.15, -0.1) is 11.8 Å². The average Bonchev–Trinajstić information content (AvgIpc) is 2.47. The highest BCUT2D eigenvalue weighted by Crippen LogP contribution is 2.34. The highest BCUT2D eigenvalue weighted by Gasteiger charge is 2.24. The molecule has 2 aromatic rings. The van der Waals surface area contributed by atoms with Crippen molar-refractivity contribution in [3.8, 4) is 0 Å². The van der Waals surface area contributed by atoms with Gasteiger partial charge >= 0.3 is 0 Å². The summed E-state index contributed by atoms with van der Waals surface area (Å²) < 4.78 is 0. The number of anilines is 1. The molecular formula is C13H11N3OS. The molecule has 3 rings (SSSR count). The van der Waals surface area contributed by atoms with Crippen molar-refractivity contribution in [2.45, 2.75) is 4.90 Å². The molecule has 0 unspecified atom stereocenters. The fraction of sp³-hybridized carbons (Fsp3) is 0.154. The molecule has 0 aliphatic carbocycles. The van der Waals surface area contributed by atoms with Gasteiger partial charge < -0.3 is 4.90 Å². The Bertz CT molecular complexity index is 573. The Morgan fingerprint density at radius 2 is 2.17 bits per heavy atom. The summed E-state index contributed by atoms with van der Waals surface area (Å²) in [6, 6.07) is 7.94. The largest absolute Gasteiger partial charge is 0.305 e. The number of thioether (sulfide) groups is 1. The minimum Gasteiger partial charge on any atom is -0.305 e. The molecule has 0 N–H and O–H groups in total. The smallest absolute Gasteiger partial charge is 0.278 e. The molecule has 1 amide bonds. The number of hydrogen-bond acceptors (Lipinski definition) is 4. The van der Waals surface area contributed by atoms with E-state index in [0.29, 0.717) is 12.2 Å². The second kappa shape index (κ2) is 4.78. The van der Waals surface area contributed by atoms with E-state index >= 15 is 0 Å². The molecule has 0 fully saturated rings. The molecule has 5 heteroatoms. The van der Waals surface area contributed by atoms with Crippen LogP contribution in [0.1, 0.15) is 10.5 Å². The minimum atomic E-state index is -0.0872. The fourth-order valence-corrected chi connectivity index (χ4v) is 2.92. The van der Waals surface area contributed by atoms with Crippen LogP contribution in [0.15, 0.2) is 47.8 Å². The van der Waals surface area contributed by atoms with Crippen molar-refractivity contribution < 1.29 is 4.79 Å². The first kappa shape index (κ1) is 11.2. The van der Waals surface area contributed by atoms with Crippen LogP contribution in [-0.2, 0) is 0 Å². The zero-order valence-electron chi connectivity index (χ0n) is 9.61. The van der Waals surface area contributed by atoms with Crippen molar-refractivity contribution in [2.75, 3.05) is 17.2 Å². The summed E-state index contributed by atoms with van der Waals surface area (Å²) in [6.07, 6.45) is 4.61. The molecule has 1 aliphatic rings. The van der Waals surface area contributed by atoms with Crippen LogP contribution >= 0.6 is 11.8 Å². The lowest BCUT2D eigenvalue weighted by molar-refractivity contribution is 0.0982. The third-order valence-electron chi connectivity index (χ3n) is 2.76. The molecule has 0 saturated carbocycles. The van der Waals surface area contributed by atoms with Gasteiger partial charge in [0.1, 0.15) is 5.69 Å². The summed E-state index contributed by atoms with van der Waals surface area (Å²) in [5.41, 5.74) is 1.35. The lowest BCUT2D eigenvalue weighted by atomic mass is 10.2. The number of carbonyl (C=O) groups is 1. The third kappa shape index (κ3) is 1.97. The predicted molar refractivity (Wildman–Crippen MR) is 70.9 cm³/mol. The van der Waals surface area contributed by atoms with Gasteiger partial charge in [-0.3, -0.25) is 9.78 Å². The van der Waals surface area contributed by atoms with E-state index in [0.717, 1.165) is 16.3 Å². The summed E-state index contributed by atoms with van der Waals surface area (Å²) >= 11 is 1.78. The Labute approximate surface area is 109 Å². The molecule has 1 aromatic heterocycles. The average molecular weight is 257 g/mol. The van der Waals surface area contributed by atoms with Crippen LogP contribution in [-0.4, -0.2) is 28.2 Å². The molecule has 1 aliphatic heterocycles. The molecule has 0 radical (unpaired) electrons. The molecule has 0 bridgehead atoms. The molecule has 2 heterocycles. The monoisotopic (exact) mass is 257 g/mol. The predicted octanol–water partition coefficient (Wildman–Crippen LogP) is 2.23. The molecule has 0 saturated heterocycles. The molecule has 0 spiro atoms. The molecule has 18 heavy (non-hydrogen) atoms. The molecular weight excluding hydrogens is 246 g/mol. The van der Waals surface area contributed by atoms with Crippen LogP contribution in [0.25, 0.3) is 0 Å². The first-order valence-electron chi connectivity index (χ1n) is 5.66. The van der Waals surface area contributed by atoms with Gasteiger partial charge in [-0.2, -0.15) is 0 Å². The normalized spacial score (nSPS) is 14.1. The van der Waals surface area contributed by atoms with Crippen molar-refractivity contribution in [3.63, 3.8) is 0 Å². The van der Waals surface area contributed by atoms with Crippen LogP contribution in [0.4, 0.5) is 5.69 Å². The van der Waals surface area contributed by atoms with Gasteiger partial charge in [-0.25, -0.2) is 4.98 Å². The van der Waals surface area contributed by atoms with E-state index in [9.17, 15) is 4.79 Å². The number of nitrogens with zero attached hydrogens (tertiary/aromatic N) is 3. The quantitative estimate of drug-likeness (QED) is 0.786. The summed E-state index contributed by atoms with van der Waals surface area (Å²) in [4.78, 5) is 23.3. The number of amides is 1. The van der Waals surface area contributed by atoms with Crippen LogP contribution in [0.3, 0.4) is 0 Å². The number of hydrogen-bond donors (Lipinski definition) is 0. The molecule has 4 nitrogen and oxygen atoms in total. The Morgan fingerprint density at radius 3 is 3.00 bits per heavy atom.